The van der Waals surface area contributed by atoms with Gasteiger partial charge in [0, 0.05) is 30.7 Å². The van der Waals surface area contributed by atoms with E-state index in [1.54, 1.807) is 26.1 Å². The molecule has 2 fully saturated rings. The lowest BCUT2D eigenvalue weighted by atomic mass is 9.97. The molecule has 4 rings (SSSR count). The Kier molecular flexibility index (Phi) is 7.17. The van der Waals surface area contributed by atoms with Crippen molar-refractivity contribution >= 4 is 57.7 Å². The van der Waals surface area contributed by atoms with Crippen LogP contribution in [0.3, 0.4) is 0 Å². The summed E-state index contributed by atoms with van der Waals surface area (Å²) in [6.07, 6.45) is 3.83. The number of rotatable bonds is 4. The molecule has 2 saturated heterocycles. The standard InChI is InChI=1S/C25H25ClN4O2S2/c1-15-8-10-29(11-9-15)22-18(16(2)19(13-27)23(31)28(22)3)12-21-24(32)30(25(33)34-21)14-17-6-4-5-7-20(17)26/h4-7,12,15H,8-11,14H2,1-3H3. The third-order valence-electron chi connectivity index (χ3n) is 6.49. The number of carbonyl (C=O) groups is 1. The highest BCUT2D eigenvalue weighted by Crippen LogP contribution is 2.37. The van der Waals surface area contributed by atoms with E-state index in [0.717, 1.165) is 37.3 Å². The summed E-state index contributed by atoms with van der Waals surface area (Å²) < 4.78 is 1.99. The van der Waals surface area contributed by atoms with Crippen molar-refractivity contribution in [1.82, 2.24) is 9.47 Å². The van der Waals surface area contributed by atoms with Crippen molar-refractivity contribution in [3.8, 4) is 6.07 Å². The highest BCUT2D eigenvalue weighted by molar-refractivity contribution is 8.26. The van der Waals surface area contributed by atoms with Gasteiger partial charge in [0.15, 0.2) is 0 Å². The van der Waals surface area contributed by atoms with Crippen LogP contribution in [0.2, 0.25) is 5.02 Å². The lowest BCUT2D eigenvalue weighted by Gasteiger charge is -2.34. The number of pyridine rings is 1. The second-order valence-electron chi connectivity index (χ2n) is 8.74. The van der Waals surface area contributed by atoms with Crippen LogP contribution in [0.4, 0.5) is 5.82 Å². The number of hydrogen-bond acceptors (Lipinski definition) is 6. The number of thiocarbonyl (C=S) groups is 1. The quantitative estimate of drug-likeness (QED) is 0.430. The van der Waals surface area contributed by atoms with Crippen molar-refractivity contribution in [2.24, 2.45) is 13.0 Å². The first-order valence-corrected chi connectivity index (χ1v) is 12.7. The zero-order valence-electron chi connectivity index (χ0n) is 19.3. The molecule has 0 radical (unpaired) electrons. The smallest absolute Gasteiger partial charge is 0.270 e. The Morgan fingerprint density at radius 3 is 2.59 bits per heavy atom. The molecule has 1 aromatic carbocycles. The minimum atomic E-state index is -0.322. The average Bonchev–Trinajstić information content (AvgIpc) is 3.07. The maximum Gasteiger partial charge on any atom is 0.270 e. The summed E-state index contributed by atoms with van der Waals surface area (Å²) in [7, 11) is 1.69. The summed E-state index contributed by atoms with van der Waals surface area (Å²) in [5.41, 5.74) is 1.88. The summed E-state index contributed by atoms with van der Waals surface area (Å²) in [6.45, 7) is 5.91. The van der Waals surface area contributed by atoms with Gasteiger partial charge in [-0.15, -0.1) is 0 Å². The lowest BCUT2D eigenvalue weighted by molar-refractivity contribution is -0.122. The largest absolute Gasteiger partial charge is 0.357 e. The maximum absolute atomic E-state index is 13.3. The van der Waals surface area contributed by atoms with Gasteiger partial charge in [-0.05, 0) is 49.0 Å². The molecule has 9 heteroatoms. The van der Waals surface area contributed by atoms with Crippen LogP contribution < -0.4 is 10.5 Å². The van der Waals surface area contributed by atoms with Crippen LogP contribution in [0, 0.1) is 24.2 Å². The number of thioether (sulfide) groups is 1. The predicted octanol–water partition coefficient (Wildman–Crippen LogP) is 4.86. The number of anilines is 1. The number of carbonyl (C=O) groups excluding carboxylic acids is 1. The number of halogens is 1. The Labute approximate surface area is 213 Å². The topological polar surface area (TPSA) is 69.3 Å². The van der Waals surface area contributed by atoms with Gasteiger partial charge in [0.1, 0.15) is 21.8 Å². The van der Waals surface area contributed by atoms with Gasteiger partial charge in [-0.1, -0.05) is 60.7 Å². The second kappa shape index (κ2) is 9.95. The maximum atomic E-state index is 13.3. The van der Waals surface area contributed by atoms with E-state index in [1.807, 2.05) is 18.2 Å². The van der Waals surface area contributed by atoms with E-state index in [0.29, 0.717) is 31.3 Å². The lowest BCUT2D eigenvalue weighted by Crippen LogP contribution is -2.38. The summed E-state index contributed by atoms with van der Waals surface area (Å²) in [5, 5.41) is 10.2. The Morgan fingerprint density at radius 1 is 1.26 bits per heavy atom. The van der Waals surface area contributed by atoms with Gasteiger partial charge in [-0.3, -0.25) is 19.1 Å². The fourth-order valence-corrected chi connectivity index (χ4v) is 5.81. The van der Waals surface area contributed by atoms with Crippen molar-refractivity contribution in [2.45, 2.75) is 33.2 Å². The van der Waals surface area contributed by atoms with Gasteiger partial charge in [0.05, 0.1) is 11.4 Å². The first kappa shape index (κ1) is 24.5. The minimum absolute atomic E-state index is 0.0921. The first-order chi connectivity index (χ1) is 16.2. The van der Waals surface area contributed by atoms with Crippen LogP contribution in [0.15, 0.2) is 34.0 Å². The molecule has 34 heavy (non-hydrogen) atoms. The zero-order valence-corrected chi connectivity index (χ0v) is 21.7. The van der Waals surface area contributed by atoms with Crippen molar-refractivity contribution < 1.29 is 4.79 Å². The van der Waals surface area contributed by atoms with Crippen LogP contribution in [0.25, 0.3) is 6.08 Å². The van der Waals surface area contributed by atoms with Gasteiger partial charge in [0.25, 0.3) is 11.5 Å². The summed E-state index contributed by atoms with van der Waals surface area (Å²) >= 11 is 13.0. The van der Waals surface area contributed by atoms with Gasteiger partial charge in [0.2, 0.25) is 0 Å². The molecular weight excluding hydrogens is 488 g/mol. The SMILES string of the molecule is Cc1c(C=C2SC(=S)N(Cc3ccccc3Cl)C2=O)c(N2CCC(C)CC2)n(C)c(=O)c1C#N. The Morgan fingerprint density at radius 2 is 1.94 bits per heavy atom. The molecule has 1 aromatic heterocycles. The molecule has 2 aromatic rings. The molecule has 0 atom stereocenters. The van der Waals surface area contributed by atoms with Gasteiger partial charge >= 0.3 is 0 Å². The summed E-state index contributed by atoms with van der Waals surface area (Å²) in [4.78, 5) is 30.5. The molecule has 1 amide bonds. The Hall–Kier alpha value is -2.60. The molecule has 6 nitrogen and oxygen atoms in total. The highest BCUT2D eigenvalue weighted by Gasteiger charge is 2.33. The fourth-order valence-electron chi connectivity index (χ4n) is 4.38. The number of aromatic nitrogens is 1. The number of benzene rings is 1. The number of piperidine rings is 1. The van der Waals surface area contributed by atoms with E-state index < -0.39 is 0 Å². The van der Waals surface area contributed by atoms with Crippen molar-refractivity contribution in [2.75, 3.05) is 18.0 Å². The molecule has 0 bridgehead atoms. The minimum Gasteiger partial charge on any atom is -0.357 e. The van der Waals surface area contributed by atoms with E-state index in [4.69, 9.17) is 23.8 Å². The number of hydrogen-bond donors (Lipinski definition) is 0. The average molecular weight is 513 g/mol. The zero-order chi connectivity index (χ0) is 24.6. The summed E-state index contributed by atoms with van der Waals surface area (Å²) in [5.74, 6) is 1.15. The fraction of sp³-hybridized carbons (Fsp3) is 0.360. The predicted molar refractivity (Wildman–Crippen MR) is 142 cm³/mol. The number of nitrogens with zero attached hydrogens (tertiary/aromatic N) is 4. The van der Waals surface area contributed by atoms with E-state index in [-0.39, 0.29) is 23.6 Å². The van der Waals surface area contributed by atoms with E-state index in [9.17, 15) is 14.9 Å². The van der Waals surface area contributed by atoms with Crippen LogP contribution in [0.5, 0.6) is 0 Å². The Bertz CT molecular complexity index is 1300. The van der Waals surface area contributed by atoms with Crippen molar-refractivity contribution in [3.63, 3.8) is 0 Å². The first-order valence-electron chi connectivity index (χ1n) is 11.1. The van der Waals surface area contributed by atoms with Gasteiger partial charge < -0.3 is 4.90 Å². The molecule has 0 unspecified atom stereocenters. The van der Waals surface area contributed by atoms with E-state index in [2.05, 4.69) is 17.9 Å². The third-order valence-corrected chi connectivity index (χ3v) is 8.23. The van der Waals surface area contributed by atoms with E-state index in [1.165, 1.54) is 21.2 Å². The molecule has 0 spiro atoms. The van der Waals surface area contributed by atoms with Crippen LogP contribution in [-0.4, -0.2) is 32.8 Å². The van der Waals surface area contributed by atoms with E-state index >= 15 is 0 Å². The molecule has 0 aliphatic carbocycles. The van der Waals surface area contributed by atoms with Crippen LogP contribution in [-0.2, 0) is 18.4 Å². The number of nitriles is 1. The van der Waals surface area contributed by atoms with Crippen molar-refractivity contribution in [3.05, 3.63) is 66.8 Å². The molecule has 0 saturated carbocycles. The molecule has 0 N–H and O–H groups in total. The van der Waals surface area contributed by atoms with Crippen LogP contribution >= 0.6 is 35.6 Å². The molecule has 3 heterocycles. The van der Waals surface area contributed by atoms with Crippen molar-refractivity contribution in [1.29, 1.82) is 5.26 Å². The van der Waals surface area contributed by atoms with Crippen LogP contribution in [0.1, 0.15) is 42.0 Å². The molecule has 2 aliphatic heterocycles. The van der Waals surface area contributed by atoms with Gasteiger partial charge in [-0.2, -0.15) is 5.26 Å². The monoisotopic (exact) mass is 512 g/mol. The normalized spacial score (nSPS) is 18.1. The molecule has 2 aliphatic rings. The number of amides is 1. The molecule has 176 valence electrons. The highest BCUT2D eigenvalue weighted by atomic mass is 35.5. The molecular formula is C25H25ClN4O2S2. The third kappa shape index (κ3) is 4.52. The second-order valence-corrected chi connectivity index (χ2v) is 10.8. The summed E-state index contributed by atoms with van der Waals surface area (Å²) in [6, 6.07) is 9.42. The van der Waals surface area contributed by atoms with Gasteiger partial charge in [-0.25, -0.2) is 0 Å². The Balaban J connectivity index is 1.77.